The second-order valence-corrected chi connectivity index (χ2v) is 8.18. The zero-order valence-electron chi connectivity index (χ0n) is 21.9. The number of ether oxygens (including phenoxy) is 4. The number of hydrogen-bond donors (Lipinski definition) is 2. The molecule has 0 radical (unpaired) electrons. The van der Waals surface area contributed by atoms with Crippen LogP contribution in [0.1, 0.15) is 48.4 Å². The molecule has 0 aliphatic rings. The van der Waals surface area contributed by atoms with Crippen LogP contribution in [0, 0.1) is 0 Å². The van der Waals surface area contributed by atoms with Crippen molar-refractivity contribution in [3.8, 4) is 23.0 Å². The van der Waals surface area contributed by atoms with Crippen molar-refractivity contribution in [1.82, 2.24) is 0 Å². The molecule has 2 amide bonds. The number of amides is 2. The standard InChI is InChI=1S/C28H24N2O10/c1-15(31)37-23-11-5-19(13-25(23)39-17(3)33)27(35)29-21-7-9-22(10-8-21)30-28(36)20-6-12-24(38-16(2)32)26(14-20)40-18(4)34/h5-14H,1-4H3,(H,29,35)(H,30,36). The highest BCUT2D eigenvalue weighted by molar-refractivity contribution is 6.06. The van der Waals surface area contributed by atoms with Gasteiger partial charge in [-0.3, -0.25) is 28.8 Å². The van der Waals surface area contributed by atoms with Gasteiger partial charge in [-0.2, -0.15) is 0 Å². The van der Waals surface area contributed by atoms with E-state index in [0.29, 0.717) is 11.4 Å². The van der Waals surface area contributed by atoms with E-state index >= 15 is 0 Å². The summed E-state index contributed by atoms with van der Waals surface area (Å²) in [5, 5.41) is 5.34. The highest BCUT2D eigenvalue weighted by Crippen LogP contribution is 2.30. The molecule has 0 heterocycles. The molecule has 0 bridgehead atoms. The van der Waals surface area contributed by atoms with Crippen LogP contribution in [-0.4, -0.2) is 35.7 Å². The number of benzene rings is 3. The Balaban J connectivity index is 1.70. The van der Waals surface area contributed by atoms with Crippen molar-refractivity contribution in [3.63, 3.8) is 0 Å². The summed E-state index contributed by atoms with van der Waals surface area (Å²) in [4.78, 5) is 70.9. The van der Waals surface area contributed by atoms with Gasteiger partial charge in [0.2, 0.25) is 0 Å². The predicted molar refractivity (Wildman–Crippen MR) is 140 cm³/mol. The topological polar surface area (TPSA) is 163 Å². The summed E-state index contributed by atoms with van der Waals surface area (Å²) in [5.41, 5.74) is 1.04. The molecule has 3 aromatic carbocycles. The molecule has 0 saturated carbocycles. The van der Waals surface area contributed by atoms with E-state index in [4.69, 9.17) is 18.9 Å². The molecule has 12 nitrogen and oxygen atoms in total. The van der Waals surface area contributed by atoms with Crippen molar-refractivity contribution in [1.29, 1.82) is 0 Å². The van der Waals surface area contributed by atoms with Crippen LogP contribution in [0.4, 0.5) is 11.4 Å². The maximum Gasteiger partial charge on any atom is 0.308 e. The summed E-state index contributed by atoms with van der Waals surface area (Å²) in [6, 6.07) is 14.2. The molecule has 2 N–H and O–H groups in total. The Morgan fingerprint density at radius 1 is 0.450 bits per heavy atom. The molecule has 0 spiro atoms. The molecule has 0 unspecified atom stereocenters. The van der Waals surface area contributed by atoms with Crippen molar-refractivity contribution in [2.45, 2.75) is 27.7 Å². The summed E-state index contributed by atoms with van der Waals surface area (Å²) in [5.74, 6) is -3.85. The van der Waals surface area contributed by atoms with Crippen molar-refractivity contribution in [2.75, 3.05) is 10.6 Å². The Labute approximate surface area is 228 Å². The van der Waals surface area contributed by atoms with Gasteiger partial charge in [0, 0.05) is 50.2 Å². The fourth-order valence-corrected chi connectivity index (χ4v) is 3.29. The monoisotopic (exact) mass is 548 g/mol. The number of carbonyl (C=O) groups is 6. The van der Waals surface area contributed by atoms with Gasteiger partial charge in [0.1, 0.15) is 0 Å². The fourth-order valence-electron chi connectivity index (χ4n) is 3.29. The quantitative estimate of drug-likeness (QED) is 0.312. The van der Waals surface area contributed by atoms with Crippen molar-refractivity contribution >= 4 is 47.1 Å². The van der Waals surface area contributed by atoms with Crippen LogP contribution in [0.3, 0.4) is 0 Å². The minimum absolute atomic E-state index is 0.0136. The van der Waals surface area contributed by atoms with E-state index in [0.717, 1.165) is 0 Å². The second kappa shape index (κ2) is 12.8. The summed E-state index contributed by atoms with van der Waals surface area (Å²) in [7, 11) is 0. The van der Waals surface area contributed by atoms with E-state index in [1.165, 1.54) is 64.1 Å². The third-order valence-corrected chi connectivity index (χ3v) is 4.83. The SMILES string of the molecule is CC(=O)Oc1ccc(C(=O)Nc2ccc(NC(=O)c3ccc(OC(C)=O)c(OC(C)=O)c3)cc2)cc1OC(C)=O. The van der Waals surface area contributed by atoms with Gasteiger partial charge in [-0.05, 0) is 60.7 Å². The third kappa shape index (κ3) is 8.25. The van der Waals surface area contributed by atoms with Crippen molar-refractivity contribution in [2.24, 2.45) is 0 Å². The number of hydrogen-bond acceptors (Lipinski definition) is 10. The van der Waals surface area contributed by atoms with E-state index in [9.17, 15) is 28.8 Å². The van der Waals surface area contributed by atoms with Gasteiger partial charge in [0.15, 0.2) is 23.0 Å². The van der Waals surface area contributed by atoms with Crippen LogP contribution in [0.2, 0.25) is 0 Å². The van der Waals surface area contributed by atoms with Gasteiger partial charge in [-0.15, -0.1) is 0 Å². The molecule has 0 aliphatic heterocycles. The van der Waals surface area contributed by atoms with Gasteiger partial charge >= 0.3 is 23.9 Å². The molecule has 206 valence electrons. The lowest BCUT2D eigenvalue weighted by Crippen LogP contribution is -2.14. The van der Waals surface area contributed by atoms with Crippen LogP contribution < -0.4 is 29.6 Å². The molecule has 0 aliphatic carbocycles. The Hall–Kier alpha value is -5.52. The first-order valence-electron chi connectivity index (χ1n) is 11.7. The Kier molecular flexibility index (Phi) is 9.31. The van der Waals surface area contributed by atoms with Gasteiger partial charge in [-0.1, -0.05) is 0 Å². The second-order valence-electron chi connectivity index (χ2n) is 8.18. The van der Waals surface area contributed by atoms with E-state index in [-0.39, 0.29) is 34.1 Å². The number of anilines is 2. The molecular formula is C28H24N2O10. The first-order chi connectivity index (χ1) is 18.9. The highest BCUT2D eigenvalue weighted by atomic mass is 16.6. The van der Waals surface area contributed by atoms with E-state index < -0.39 is 35.7 Å². The number of nitrogens with one attached hydrogen (secondary N) is 2. The molecule has 3 rings (SSSR count). The Bertz CT molecular complexity index is 1380. The van der Waals surface area contributed by atoms with Crippen LogP contribution in [0.25, 0.3) is 0 Å². The predicted octanol–water partition coefficient (Wildman–Crippen LogP) is 3.89. The Morgan fingerprint density at radius 2 is 0.750 bits per heavy atom. The third-order valence-electron chi connectivity index (χ3n) is 4.83. The molecule has 0 atom stereocenters. The molecule has 0 fully saturated rings. The van der Waals surface area contributed by atoms with Crippen LogP contribution in [0.5, 0.6) is 23.0 Å². The average molecular weight is 549 g/mol. The Morgan fingerprint density at radius 3 is 1.05 bits per heavy atom. The number of rotatable bonds is 8. The number of esters is 4. The van der Waals surface area contributed by atoms with Crippen molar-refractivity contribution in [3.05, 3.63) is 71.8 Å². The largest absolute Gasteiger partial charge is 0.423 e. The molecular weight excluding hydrogens is 524 g/mol. The van der Waals surface area contributed by atoms with E-state index in [1.807, 2.05) is 0 Å². The highest BCUT2D eigenvalue weighted by Gasteiger charge is 2.17. The van der Waals surface area contributed by atoms with E-state index in [1.54, 1.807) is 24.3 Å². The zero-order valence-corrected chi connectivity index (χ0v) is 21.9. The summed E-state index contributed by atoms with van der Waals surface area (Å²) in [6.45, 7) is 4.71. The summed E-state index contributed by atoms with van der Waals surface area (Å²) >= 11 is 0. The lowest BCUT2D eigenvalue weighted by atomic mass is 10.1. The molecule has 0 saturated heterocycles. The van der Waals surface area contributed by atoms with Crippen LogP contribution >= 0.6 is 0 Å². The molecule has 12 heteroatoms. The van der Waals surface area contributed by atoms with E-state index in [2.05, 4.69) is 10.6 Å². The molecule has 40 heavy (non-hydrogen) atoms. The lowest BCUT2D eigenvalue weighted by molar-refractivity contribution is -0.134. The summed E-state index contributed by atoms with van der Waals surface area (Å²) in [6.07, 6.45) is 0. The van der Waals surface area contributed by atoms with Gasteiger partial charge in [-0.25, -0.2) is 0 Å². The zero-order chi connectivity index (χ0) is 29.4. The molecule has 0 aromatic heterocycles. The first kappa shape index (κ1) is 29.0. The fraction of sp³-hybridized carbons (Fsp3) is 0.143. The minimum atomic E-state index is -0.661. The average Bonchev–Trinajstić information content (AvgIpc) is 2.86. The maximum absolute atomic E-state index is 12.7. The van der Waals surface area contributed by atoms with Gasteiger partial charge < -0.3 is 29.6 Å². The summed E-state index contributed by atoms with van der Waals surface area (Å²) < 4.78 is 20.1. The normalized spacial score (nSPS) is 10.1. The van der Waals surface area contributed by atoms with Crippen molar-refractivity contribution < 1.29 is 47.7 Å². The minimum Gasteiger partial charge on any atom is -0.423 e. The lowest BCUT2D eigenvalue weighted by Gasteiger charge is -2.12. The van der Waals surface area contributed by atoms with Crippen LogP contribution in [-0.2, 0) is 19.2 Å². The molecule has 3 aromatic rings. The maximum atomic E-state index is 12.7. The van der Waals surface area contributed by atoms with Gasteiger partial charge in [0.05, 0.1) is 0 Å². The number of carbonyl (C=O) groups excluding carboxylic acids is 6. The smallest absolute Gasteiger partial charge is 0.308 e. The first-order valence-corrected chi connectivity index (χ1v) is 11.7. The van der Waals surface area contributed by atoms with Crippen LogP contribution in [0.15, 0.2) is 60.7 Å². The van der Waals surface area contributed by atoms with Gasteiger partial charge in [0.25, 0.3) is 11.8 Å².